The molecule has 0 bridgehead atoms. The topological polar surface area (TPSA) is 17.1 Å². The van der Waals surface area contributed by atoms with Crippen molar-refractivity contribution in [3.05, 3.63) is 34.3 Å². The van der Waals surface area contributed by atoms with Gasteiger partial charge in [0, 0.05) is 21.5 Å². The Labute approximate surface area is 100 Å². The Morgan fingerprint density at radius 2 is 2.00 bits per heavy atom. The van der Waals surface area contributed by atoms with Crippen LogP contribution in [0, 0.1) is 0 Å². The molecular formula is C10H13BrOS2. The lowest BCUT2D eigenvalue weighted by molar-refractivity contribution is 0.684. The molecule has 2 unspecified atom stereocenters. The highest BCUT2D eigenvalue weighted by Gasteiger charge is 2.11. The lowest BCUT2D eigenvalue weighted by Gasteiger charge is -2.11. The molecular weight excluding hydrogens is 280 g/mol. The van der Waals surface area contributed by atoms with E-state index in [1.165, 1.54) is 5.56 Å². The minimum Gasteiger partial charge on any atom is -0.259 e. The zero-order valence-electron chi connectivity index (χ0n) is 8.20. The maximum atomic E-state index is 11.3. The number of hydrogen-bond donors (Lipinski definition) is 0. The van der Waals surface area contributed by atoms with Gasteiger partial charge < -0.3 is 0 Å². The van der Waals surface area contributed by atoms with Crippen LogP contribution in [-0.4, -0.2) is 21.3 Å². The quantitative estimate of drug-likeness (QED) is 0.848. The monoisotopic (exact) mass is 292 g/mol. The Balaban J connectivity index is 2.67. The van der Waals surface area contributed by atoms with E-state index in [9.17, 15) is 4.21 Å². The molecule has 14 heavy (non-hydrogen) atoms. The summed E-state index contributed by atoms with van der Waals surface area (Å²) in [5.74, 6) is 0. The van der Waals surface area contributed by atoms with Crippen molar-refractivity contribution < 1.29 is 4.21 Å². The molecule has 0 amide bonds. The van der Waals surface area contributed by atoms with Gasteiger partial charge in [-0.3, -0.25) is 4.21 Å². The summed E-state index contributed by atoms with van der Waals surface area (Å²) in [7, 11) is -0.758. The summed E-state index contributed by atoms with van der Waals surface area (Å²) >= 11 is 5.06. The molecule has 0 N–H and O–H groups in total. The van der Waals surface area contributed by atoms with Gasteiger partial charge in [-0.2, -0.15) is 0 Å². The Morgan fingerprint density at radius 3 is 2.43 bits per heavy atom. The summed E-state index contributed by atoms with van der Waals surface area (Å²) in [5, 5.41) is 0. The van der Waals surface area contributed by atoms with Crippen molar-refractivity contribution in [2.45, 2.75) is 11.0 Å². The highest BCUT2D eigenvalue weighted by atomic mass is 79.9. The zero-order valence-corrected chi connectivity index (χ0v) is 11.4. The molecule has 0 spiro atoms. The van der Waals surface area contributed by atoms with E-state index in [4.69, 9.17) is 0 Å². The fourth-order valence-electron chi connectivity index (χ4n) is 1.15. The molecule has 4 heteroatoms. The third kappa shape index (κ3) is 3.75. The van der Waals surface area contributed by atoms with Crippen molar-refractivity contribution in [2.75, 3.05) is 12.5 Å². The molecule has 0 aliphatic heterocycles. The first-order valence-electron chi connectivity index (χ1n) is 4.23. The molecule has 1 rings (SSSR count). The molecule has 78 valence electrons. The SMILES string of the molecule is CSC(Cc1ccc(Br)cc1)S(C)=O. The molecule has 0 saturated heterocycles. The van der Waals surface area contributed by atoms with E-state index in [1.54, 1.807) is 18.0 Å². The summed E-state index contributed by atoms with van der Waals surface area (Å²) in [6, 6.07) is 8.18. The average Bonchev–Trinajstić information content (AvgIpc) is 2.16. The van der Waals surface area contributed by atoms with Crippen molar-refractivity contribution >= 4 is 38.5 Å². The van der Waals surface area contributed by atoms with Crippen molar-refractivity contribution in [2.24, 2.45) is 0 Å². The summed E-state index contributed by atoms with van der Waals surface area (Å²) in [5.41, 5.74) is 1.24. The third-order valence-corrected chi connectivity index (χ3v) is 5.47. The van der Waals surface area contributed by atoms with E-state index in [-0.39, 0.29) is 4.58 Å². The van der Waals surface area contributed by atoms with Gasteiger partial charge in [0.2, 0.25) is 0 Å². The number of hydrogen-bond acceptors (Lipinski definition) is 2. The predicted molar refractivity (Wildman–Crippen MR) is 69.2 cm³/mol. The minimum atomic E-state index is -0.758. The molecule has 0 saturated carbocycles. The molecule has 0 aliphatic carbocycles. The fourth-order valence-corrected chi connectivity index (χ4v) is 3.28. The maximum Gasteiger partial charge on any atom is 0.0835 e. The first-order chi connectivity index (χ1) is 6.63. The van der Waals surface area contributed by atoms with E-state index in [2.05, 4.69) is 28.1 Å². The number of benzene rings is 1. The first kappa shape index (κ1) is 12.3. The maximum absolute atomic E-state index is 11.3. The number of halogens is 1. The van der Waals surface area contributed by atoms with Gasteiger partial charge in [-0.05, 0) is 30.4 Å². The highest BCUT2D eigenvalue weighted by molar-refractivity contribution is 9.10. The van der Waals surface area contributed by atoms with Gasteiger partial charge in [0.1, 0.15) is 0 Å². The van der Waals surface area contributed by atoms with Crippen LogP contribution in [0.5, 0.6) is 0 Å². The molecule has 0 heterocycles. The summed E-state index contributed by atoms with van der Waals surface area (Å²) in [4.78, 5) is 0. The Bertz CT molecular complexity index is 310. The van der Waals surface area contributed by atoms with E-state index >= 15 is 0 Å². The van der Waals surface area contributed by atoms with Crippen LogP contribution in [0.1, 0.15) is 5.56 Å². The van der Waals surface area contributed by atoms with E-state index in [0.29, 0.717) is 0 Å². The molecule has 0 fully saturated rings. The van der Waals surface area contributed by atoms with Gasteiger partial charge in [-0.25, -0.2) is 0 Å². The molecule has 1 nitrogen and oxygen atoms in total. The van der Waals surface area contributed by atoms with Crippen molar-refractivity contribution in [3.8, 4) is 0 Å². The zero-order chi connectivity index (χ0) is 10.6. The Kier molecular flexibility index (Phi) is 5.20. The van der Waals surface area contributed by atoms with Gasteiger partial charge in [0.15, 0.2) is 0 Å². The van der Waals surface area contributed by atoms with Crippen LogP contribution >= 0.6 is 27.7 Å². The molecule has 2 atom stereocenters. The molecule has 0 aliphatic rings. The van der Waals surface area contributed by atoms with Gasteiger partial charge in [-0.1, -0.05) is 28.1 Å². The minimum absolute atomic E-state index is 0.205. The molecule has 1 aromatic carbocycles. The van der Waals surface area contributed by atoms with E-state index in [0.717, 1.165) is 10.9 Å². The molecule has 0 aromatic heterocycles. The van der Waals surface area contributed by atoms with Crippen LogP contribution < -0.4 is 0 Å². The molecule has 0 radical (unpaired) electrons. The standard InChI is InChI=1S/C10H13BrOS2/c1-13-10(14(2)12)7-8-3-5-9(11)6-4-8/h3-6,10H,7H2,1-2H3. The van der Waals surface area contributed by atoms with Gasteiger partial charge in [0.05, 0.1) is 4.58 Å². The Morgan fingerprint density at radius 1 is 1.43 bits per heavy atom. The van der Waals surface area contributed by atoms with Crippen LogP contribution in [0.25, 0.3) is 0 Å². The van der Waals surface area contributed by atoms with Crippen LogP contribution in [0.4, 0.5) is 0 Å². The summed E-state index contributed by atoms with van der Waals surface area (Å²) in [6.45, 7) is 0. The van der Waals surface area contributed by atoms with Gasteiger partial charge >= 0.3 is 0 Å². The Hall–Kier alpha value is 0.200. The number of thioether (sulfide) groups is 1. The molecule has 1 aromatic rings. The van der Waals surface area contributed by atoms with E-state index < -0.39 is 10.8 Å². The van der Waals surface area contributed by atoms with Crippen LogP contribution in [-0.2, 0) is 17.2 Å². The summed E-state index contributed by atoms with van der Waals surface area (Å²) in [6.07, 6.45) is 4.64. The third-order valence-electron chi connectivity index (χ3n) is 1.95. The first-order valence-corrected chi connectivity index (χ1v) is 7.93. The largest absolute Gasteiger partial charge is 0.259 e. The average molecular weight is 293 g/mol. The number of rotatable bonds is 4. The smallest absolute Gasteiger partial charge is 0.0835 e. The second-order valence-corrected chi connectivity index (χ2v) is 6.82. The van der Waals surface area contributed by atoms with Crippen LogP contribution in [0.3, 0.4) is 0 Å². The van der Waals surface area contributed by atoms with Crippen LogP contribution in [0.2, 0.25) is 0 Å². The lowest BCUT2D eigenvalue weighted by atomic mass is 10.2. The second kappa shape index (κ2) is 5.93. The van der Waals surface area contributed by atoms with Crippen molar-refractivity contribution in [3.63, 3.8) is 0 Å². The highest BCUT2D eigenvalue weighted by Crippen LogP contribution is 2.18. The fraction of sp³-hybridized carbons (Fsp3) is 0.400. The van der Waals surface area contributed by atoms with Crippen molar-refractivity contribution in [1.29, 1.82) is 0 Å². The van der Waals surface area contributed by atoms with Gasteiger partial charge in [0.25, 0.3) is 0 Å². The van der Waals surface area contributed by atoms with Gasteiger partial charge in [-0.15, -0.1) is 11.8 Å². The normalized spacial score (nSPS) is 15.1. The van der Waals surface area contributed by atoms with Crippen molar-refractivity contribution in [1.82, 2.24) is 0 Å². The lowest BCUT2D eigenvalue weighted by Crippen LogP contribution is -2.12. The van der Waals surface area contributed by atoms with E-state index in [1.807, 2.05) is 18.4 Å². The second-order valence-electron chi connectivity index (χ2n) is 2.99. The predicted octanol–water partition coefficient (Wildman–Crippen LogP) is 3.06. The van der Waals surface area contributed by atoms with Crippen LogP contribution in [0.15, 0.2) is 28.7 Å². The summed E-state index contributed by atoms with van der Waals surface area (Å²) < 4.78 is 12.6.